The Morgan fingerprint density at radius 1 is 1.48 bits per heavy atom. The van der Waals surface area contributed by atoms with Gasteiger partial charge >= 0.3 is 0 Å². The van der Waals surface area contributed by atoms with Crippen LogP contribution in [-0.2, 0) is 4.74 Å². The van der Waals surface area contributed by atoms with Crippen LogP contribution in [-0.4, -0.2) is 47.5 Å². The molecule has 1 aliphatic rings. The van der Waals surface area contributed by atoms with E-state index < -0.39 is 6.10 Å². The molecule has 2 aromatic heterocycles. The Balaban J connectivity index is 1.74. The number of rotatable bonds is 6. The third-order valence-electron chi connectivity index (χ3n) is 3.81. The van der Waals surface area contributed by atoms with Gasteiger partial charge in [-0.1, -0.05) is 0 Å². The first-order valence-corrected chi connectivity index (χ1v) is 7.78. The van der Waals surface area contributed by atoms with Gasteiger partial charge < -0.3 is 23.9 Å². The minimum Gasteiger partial charge on any atom is -0.478 e. The van der Waals surface area contributed by atoms with Gasteiger partial charge in [0.2, 0.25) is 5.88 Å². The maximum Gasteiger partial charge on any atom is 0.218 e. The van der Waals surface area contributed by atoms with Gasteiger partial charge in [-0.15, -0.1) is 0 Å². The van der Waals surface area contributed by atoms with Crippen molar-refractivity contribution in [2.75, 3.05) is 31.3 Å². The lowest BCUT2D eigenvalue weighted by Crippen LogP contribution is -2.46. The predicted octanol–water partition coefficient (Wildman–Crippen LogP) is 1.80. The van der Waals surface area contributed by atoms with Crippen molar-refractivity contribution in [3.8, 4) is 5.88 Å². The van der Waals surface area contributed by atoms with E-state index in [0.29, 0.717) is 44.4 Å². The Labute approximate surface area is 134 Å². The van der Waals surface area contributed by atoms with Crippen molar-refractivity contribution >= 4 is 5.82 Å². The van der Waals surface area contributed by atoms with E-state index in [0.717, 1.165) is 5.82 Å². The second-order valence-corrected chi connectivity index (χ2v) is 5.34. The van der Waals surface area contributed by atoms with Crippen LogP contribution in [0.1, 0.15) is 25.2 Å². The van der Waals surface area contributed by atoms with Gasteiger partial charge in [-0.3, -0.25) is 0 Å². The number of nitrogens with zero attached hydrogens (tertiary/aromatic N) is 3. The molecule has 2 unspecified atom stereocenters. The Morgan fingerprint density at radius 3 is 3.17 bits per heavy atom. The second-order valence-electron chi connectivity index (χ2n) is 5.34. The smallest absolute Gasteiger partial charge is 0.218 e. The van der Waals surface area contributed by atoms with E-state index in [1.165, 1.54) is 6.33 Å². The lowest BCUT2D eigenvalue weighted by Gasteiger charge is -2.37. The van der Waals surface area contributed by atoms with Crippen molar-refractivity contribution in [3.05, 3.63) is 36.5 Å². The second kappa shape index (κ2) is 7.43. The highest BCUT2D eigenvalue weighted by molar-refractivity contribution is 5.42. The summed E-state index contributed by atoms with van der Waals surface area (Å²) in [6.07, 6.45) is 2.89. The minimum atomic E-state index is -0.674. The summed E-state index contributed by atoms with van der Waals surface area (Å²) < 4.78 is 16.3. The molecule has 3 rings (SSSR count). The number of hydrogen-bond donors (Lipinski definition) is 1. The van der Waals surface area contributed by atoms with Crippen LogP contribution in [0.15, 0.2) is 35.2 Å². The minimum absolute atomic E-state index is 0.00762. The predicted molar refractivity (Wildman–Crippen MR) is 83.4 cm³/mol. The highest BCUT2D eigenvalue weighted by atomic mass is 16.5. The Bertz CT molecular complexity index is 605. The fraction of sp³-hybridized carbons (Fsp3) is 0.500. The van der Waals surface area contributed by atoms with Crippen molar-refractivity contribution < 1.29 is 19.0 Å². The summed E-state index contributed by atoms with van der Waals surface area (Å²) in [5, 5.41) is 10.3. The quantitative estimate of drug-likeness (QED) is 0.869. The Morgan fingerprint density at radius 2 is 2.39 bits per heavy atom. The SMILES string of the molecule is CCOc1cc(N2CCOCC2CC(O)c2ccco2)ncn1. The molecule has 0 amide bonds. The molecular formula is C16H21N3O4. The van der Waals surface area contributed by atoms with Crippen LogP contribution in [0, 0.1) is 0 Å². The van der Waals surface area contributed by atoms with Crippen LogP contribution in [0.5, 0.6) is 5.88 Å². The largest absolute Gasteiger partial charge is 0.478 e. The van der Waals surface area contributed by atoms with E-state index in [9.17, 15) is 5.11 Å². The lowest BCUT2D eigenvalue weighted by molar-refractivity contribution is 0.0616. The zero-order chi connectivity index (χ0) is 16.1. The number of anilines is 1. The molecular weight excluding hydrogens is 298 g/mol. The standard InChI is InChI=1S/C16H21N3O4/c1-2-22-16-9-15(17-11-18-16)19-5-7-21-10-12(19)8-13(20)14-4-3-6-23-14/h3-4,6,9,11-13,20H,2,5,7-8,10H2,1H3. The summed E-state index contributed by atoms with van der Waals surface area (Å²) in [6, 6.07) is 5.37. The van der Waals surface area contributed by atoms with Gasteiger partial charge in [-0.05, 0) is 19.1 Å². The molecule has 1 fully saturated rings. The number of aliphatic hydroxyl groups is 1. The molecule has 23 heavy (non-hydrogen) atoms. The number of aliphatic hydroxyl groups excluding tert-OH is 1. The average Bonchev–Trinajstić information content (AvgIpc) is 3.11. The van der Waals surface area contributed by atoms with E-state index in [1.54, 1.807) is 18.4 Å². The van der Waals surface area contributed by atoms with Crippen LogP contribution in [0.3, 0.4) is 0 Å². The molecule has 2 atom stereocenters. The van der Waals surface area contributed by atoms with Gasteiger partial charge in [-0.25, -0.2) is 9.97 Å². The third kappa shape index (κ3) is 3.80. The summed E-state index contributed by atoms with van der Waals surface area (Å²) in [5.41, 5.74) is 0. The van der Waals surface area contributed by atoms with E-state index in [1.807, 2.05) is 13.0 Å². The molecule has 0 bridgehead atoms. The summed E-state index contributed by atoms with van der Waals surface area (Å²) in [6.45, 7) is 4.34. The third-order valence-corrected chi connectivity index (χ3v) is 3.81. The van der Waals surface area contributed by atoms with Gasteiger partial charge in [-0.2, -0.15) is 0 Å². The first-order valence-electron chi connectivity index (χ1n) is 7.78. The molecule has 1 N–H and O–H groups in total. The fourth-order valence-corrected chi connectivity index (χ4v) is 2.72. The van der Waals surface area contributed by atoms with Crippen molar-refractivity contribution in [3.63, 3.8) is 0 Å². The molecule has 0 spiro atoms. The van der Waals surface area contributed by atoms with E-state index in [-0.39, 0.29) is 6.04 Å². The van der Waals surface area contributed by atoms with Gasteiger partial charge in [0.25, 0.3) is 0 Å². The number of morpholine rings is 1. The highest BCUT2D eigenvalue weighted by Crippen LogP contribution is 2.27. The summed E-state index contributed by atoms with van der Waals surface area (Å²) >= 11 is 0. The maximum absolute atomic E-state index is 10.3. The van der Waals surface area contributed by atoms with Gasteiger partial charge in [0, 0.05) is 19.0 Å². The molecule has 7 nitrogen and oxygen atoms in total. The van der Waals surface area contributed by atoms with Crippen LogP contribution >= 0.6 is 0 Å². The maximum atomic E-state index is 10.3. The van der Waals surface area contributed by atoms with Crippen LogP contribution < -0.4 is 9.64 Å². The topological polar surface area (TPSA) is 80.9 Å². The molecule has 2 aromatic rings. The normalized spacial score (nSPS) is 19.6. The molecule has 7 heteroatoms. The molecule has 0 saturated carbocycles. The monoisotopic (exact) mass is 319 g/mol. The van der Waals surface area contributed by atoms with Gasteiger partial charge in [0.1, 0.15) is 24.0 Å². The molecule has 0 radical (unpaired) electrons. The zero-order valence-electron chi connectivity index (χ0n) is 13.1. The highest BCUT2D eigenvalue weighted by Gasteiger charge is 2.28. The fourth-order valence-electron chi connectivity index (χ4n) is 2.72. The van der Waals surface area contributed by atoms with Crippen molar-refractivity contribution in [2.45, 2.75) is 25.5 Å². The number of ether oxygens (including phenoxy) is 2. The number of aromatic nitrogens is 2. The Kier molecular flexibility index (Phi) is 5.09. The average molecular weight is 319 g/mol. The molecule has 0 aliphatic carbocycles. The van der Waals surface area contributed by atoms with Gasteiger partial charge in [0.05, 0.1) is 32.1 Å². The summed E-state index contributed by atoms with van der Waals surface area (Å²) in [4.78, 5) is 10.6. The molecule has 1 aliphatic heterocycles. The van der Waals surface area contributed by atoms with E-state index in [2.05, 4.69) is 14.9 Å². The van der Waals surface area contributed by atoms with Crippen molar-refractivity contribution in [1.82, 2.24) is 9.97 Å². The molecule has 3 heterocycles. The van der Waals surface area contributed by atoms with Crippen LogP contribution in [0.4, 0.5) is 5.82 Å². The molecule has 124 valence electrons. The zero-order valence-corrected chi connectivity index (χ0v) is 13.1. The van der Waals surface area contributed by atoms with Crippen molar-refractivity contribution in [1.29, 1.82) is 0 Å². The summed E-state index contributed by atoms with van der Waals surface area (Å²) in [5.74, 6) is 1.89. The number of furan rings is 1. The number of hydrogen-bond acceptors (Lipinski definition) is 7. The van der Waals surface area contributed by atoms with Crippen LogP contribution in [0.25, 0.3) is 0 Å². The van der Waals surface area contributed by atoms with Crippen LogP contribution in [0.2, 0.25) is 0 Å². The first kappa shape index (κ1) is 15.8. The van der Waals surface area contributed by atoms with E-state index in [4.69, 9.17) is 13.9 Å². The summed E-state index contributed by atoms with van der Waals surface area (Å²) in [7, 11) is 0. The first-order chi connectivity index (χ1) is 11.3. The Hall–Kier alpha value is -2.12. The van der Waals surface area contributed by atoms with Gasteiger partial charge in [0.15, 0.2) is 0 Å². The van der Waals surface area contributed by atoms with Crippen molar-refractivity contribution in [2.24, 2.45) is 0 Å². The lowest BCUT2D eigenvalue weighted by atomic mass is 10.1. The molecule has 1 saturated heterocycles. The van der Waals surface area contributed by atoms with E-state index >= 15 is 0 Å². The molecule has 0 aromatic carbocycles.